The Morgan fingerprint density at radius 3 is 2.15 bits per heavy atom. The number of hydrogen-bond donors (Lipinski definition) is 0. The average molecular weight is 390 g/mol. The fraction of sp³-hybridized carbons (Fsp3) is 0.760. The van der Waals surface area contributed by atoms with E-state index >= 15 is 0 Å². The second kappa shape index (κ2) is 10.3. The highest BCUT2D eigenvalue weighted by Gasteiger charge is 2.22. The summed E-state index contributed by atoms with van der Waals surface area (Å²) in [7, 11) is -0.449. The van der Waals surface area contributed by atoms with Crippen molar-refractivity contribution in [2.75, 3.05) is 12.8 Å². The quantitative estimate of drug-likeness (QED) is 0.398. The fourth-order valence-electron chi connectivity index (χ4n) is 3.23. The van der Waals surface area contributed by atoms with E-state index in [1.807, 2.05) is 0 Å². The zero-order chi connectivity index (χ0) is 20.8. The average Bonchev–Trinajstić information content (AvgIpc) is 2.51. The van der Waals surface area contributed by atoms with Gasteiger partial charge in [-0.15, -0.1) is 0 Å². The first-order valence-electron chi connectivity index (χ1n) is 10.8. The summed E-state index contributed by atoms with van der Waals surface area (Å²) in [5.41, 5.74) is 5.05. The molecule has 0 aliphatic heterocycles. The Labute approximate surface area is 171 Å². The van der Waals surface area contributed by atoms with Crippen molar-refractivity contribution < 1.29 is 4.74 Å². The lowest BCUT2D eigenvalue weighted by Gasteiger charge is -2.26. The molecule has 0 saturated heterocycles. The summed E-state index contributed by atoms with van der Waals surface area (Å²) in [5, 5.41) is 0.415. The second-order valence-corrected chi connectivity index (χ2v) is 14.4. The molecule has 1 atom stereocenters. The summed E-state index contributed by atoms with van der Waals surface area (Å²) in [6.45, 7) is 24.3. The van der Waals surface area contributed by atoms with E-state index in [4.69, 9.17) is 4.74 Å². The van der Waals surface area contributed by atoms with Crippen molar-refractivity contribution in [3.8, 4) is 0 Å². The lowest BCUT2D eigenvalue weighted by atomic mass is 9.83. The number of ether oxygens (including phenoxy) is 1. The highest BCUT2D eigenvalue weighted by molar-refractivity contribution is 6.60. The van der Waals surface area contributed by atoms with Gasteiger partial charge < -0.3 is 4.74 Å². The van der Waals surface area contributed by atoms with Gasteiger partial charge in [-0.2, -0.15) is 0 Å². The topological polar surface area (TPSA) is 9.23 Å². The molecule has 1 radical (unpaired) electrons. The zero-order valence-electron chi connectivity index (χ0n) is 19.8. The van der Waals surface area contributed by atoms with Gasteiger partial charge in [-0.1, -0.05) is 87.1 Å². The van der Waals surface area contributed by atoms with Crippen molar-refractivity contribution >= 4 is 8.80 Å². The van der Waals surface area contributed by atoms with Crippen LogP contribution in [-0.4, -0.2) is 21.6 Å². The molecule has 0 unspecified atom stereocenters. The lowest BCUT2D eigenvalue weighted by molar-refractivity contribution is 0.138. The van der Waals surface area contributed by atoms with Crippen LogP contribution in [-0.2, 0) is 17.6 Å². The van der Waals surface area contributed by atoms with E-state index in [1.54, 1.807) is 11.1 Å². The normalized spacial score (nSPS) is 14.2. The Morgan fingerprint density at radius 1 is 1.00 bits per heavy atom. The van der Waals surface area contributed by atoms with Crippen LogP contribution in [0.25, 0.3) is 0 Å². The van der Waals surface area contributed by atoms with Gasteiger partial charge in [-0.3, -0.25) is 0 Å². The van der Waals surface area contributed by atoms with Crippen LogP contribution in [0.3, 0.4) is 0 Å². The van der Waals surface area contributed by atoms with E-state index in [1.165, 1.54) is 18.4 Å². The van der Waals surface area contributed by atoms with Gasteiger partial charge in [-0.05, 0) is 58.2 Å². The number of aryl methyl sites for hydroxylation is 1. The second-order valence-electron chi connectivity index (χ2n) is 11.1. The first-order chi connectivity index (χ1) is 12.3. The van der Waals surface area contributed by atoms with Crippen LogP contribution < -0.4 is 0 Å². The van der Waals surface area contributed by atoms with Gasteiger partial charge in [0.25, 0.3) is 0 Å². The Bertz CT molecular complexity index is 563. The molecule has 1 nitrogen and oxygen atoms in total. The van der Waals surface area contributed by atoms with Crippen molar-refractivity contribution in [2.24, 2.45) is 11.3 Å². The molecule has 0 heterocycles. The maximum atomic E-state index is 6.16. The number of benzene rings is 1. The van der Waals surface area contributed by atoms with Gasteiger partial charge in [0.05, 0.1) is 8.80 Å². The molecule has 0 aromatic heterocycles. The first kappa shape index (κ1) is 24.4. The maximum absolute atomic E-state index is 6.16. The van der Waals surface area contributed by atoms with Crippen LogP contribution in [0.5, 0.6) is 0 Å². The molecule has 0 amide bonds. The molecule has 1 aromatic rings. The Hall–Kier alpha value is -0.603. The third-order valence-electron chi connectivity index (χ3n) is 5.63. The molecule has 155 valence electrons. The van der Waals surface area contributed by atoms with E-state index in [2.05, 4.69) is 87.1 Å². The van der Waals surface area contributed by atoms with E-state index in [0.717, 1.165) is 19.3 Å². The fourth-order valence-corrected chi connectivity index (χ4v) is 4.08. The van der Waals surface area contributed by atoms with E-state index in [-0.39, 0.29) is 0 Å². The molecule has 0 aliphatic carbocycles. The van der Waals surface area contributed by atoms with E-state index in [9.17, 15) is 0 Å². The lowest BCUT2D eigenvalue weighted by Crippen LogP contribution is -2.29. The van der Waals surface area contributed by atoms with E-state index in [0.29, 0.717) is 22.3 Å². The van der Waals surface area contributed by atoms with Crippen LogP contribution in [0, 0.1) is 11.3 Å². The summed E-state index contributed by atoms with van der Waals surface area (Å²) >= 11 is 0. The third-order valence-corrected chi connectivity index (χ3v) is 8.83. The molecular weight excluding hydrogens is 344 g/mol. The minimum Gasteiger partial charge on any atom is -0.385 e. The van der Waals surface area contributed by atoms with Gasteiger partial charge in [0.1, 0.15) is 0 Å². The monoisotopic (exact) mass is 389 g/mol. The molecule has 0 fully saturated rings. The minimum atomic E-state index is -0.449. The van der Waals surface area contributed by atoms with Crippen molar-refractivity contribution in [1.29, 1.82) is 0 Å². The first-order valence-corrected chi connectivity index (χ1v) is 13.0. The van der Waals surface area contributed by atoms with Gasteiger partial charge >= 0.3 is 0 Å². The summed E-state index contributed by atoms with van der Waals surface area (Å²) in [5.74, 6) is 1.14. The molecule has 27 heavy (non-hydrogen) atoms. The molecule has 0 N–H and O–H groups in total. The molecule has 1 aromatic carbocycles. The van der Waals surface area contributed by atoms with Crippen molar-refractivity contribution in [3.05, 3.63) is 34.9 Å². The predicted octanol–water partition coefficient (Wildman–Crippen LogP) is 7.45. The van der Waals surface area contributed by atoms with Crippen LogP contribution in [0.2, 0.25) is 11.6 Å². The molecular formula is C25H45OSi. The van der Waals surface area contributed by atoms with Crippen LogP contribution in [0.1, 0.15) is 91.3 Å². The molecule has 1 rings (SSSR count). The highest BCUT2D eigenvalue weighted by Crippen LogP contribution is 2.30. The number of hydrogen-bond acceptors (Lipinski definition) is 1. The Morgan fingerprint density at radius 2 is 1.63 bits per heavy atom. The maximum Gasteiger partial charge on any atom is 0.0830 e. The minimum absolute atomic E-state index is 0.381. The smallest absolute Gasteiger partial charge is 0.0830 e. The summed E-state index contributed by atoms with van der Waals surface area (Å²) in [6, 6.07) is 6.95. The third kappa shape index (κ3) is 8.96. The SMILES string of the molecule is CC(C)c1cccc(CCC(C)(C)C)c1C[C@@H](C)COC[Si](C)C(C)(C)C. The van der Waals surface area contributed by atoms with E-state index < -0.39 is 8.80 Å². The molecule has 0 spiro atoms. The molecule has 0 bridgehead atoms. The van der Waals surface area contributed by atoms with Crippen LogP contribution >= 0.6 is 0 Å². The summed E-state index contributed by atoms with van der Waals surface area (Å²) in [6.07, 6.45) is 4.51. The summed E-state index contributed by atoms with van der Waals surface area (Å²) in [4.78, 5) is 0. The van der Waals surface area contributed by atoms with Gasteiger partial charge in [0, 0.05) is 12.8 Å². The molecule has 2 heteroatoms. The van der Waals surface area contributed by atoms with Crippen molar-refractivity contribution in [2.45, 2.75) is 99.1 Å². The van der Waals surface area contributed by atoms with Gasteiger partial charge in [0.15, 0.2) is 0 Å². The van der Waals surface area contributed by atoms with Crippen LogP contribution in [0.15, 0.2) is 18.2 Å². The predicted molar refractivity (Wildman–Crippen MR) is 123 cm³/mol. The Kier molecular flexibility index (Phi) is 9.28. The largest absolute Gasteiger partial charge is 0.385 e. The van der Waals surface area contributed by atoms with Gasteiger partial charge in [0.2, 0.25) is 0 Å². The van der Waals surface area contributed by atoms with Crippen molar-refractivity contribution in [1.82, 2.24) is 0 Å². The van der Waals surface area contributed by atoms with Crippen molar-refractivity contribution in [3.63, 3.8) is 0 Å². The standard InChI is InChI=1S/C25H45OSi/c1-19(2)22-13-11-12-21(14-15-24(4,5)6)23(22)16-20(3)17-26-18-27(10)25(7,8)9/h11-13,19-20H,14-18H2,1-10H3/t20-/m1/s1. The zero-order valence-corrected chi connectivity index (χ0v) is 20.8. The molecule has 0 saturated carbocycles. The number of rotatable bonds is 9. The van der Waals surface area contributed by atoms with Gasteiger partial charge in [-0.25, -0.2) is 0 Å². The van der Waals surface area contributed by atoms with Crippen LogP contribution in [0.4, 0.5) is 0 Å². The molecule has 0 aliphatic rings. The summed E-state index contributed by atoms with van der Waals surface area (Å²) < 4.78 is 6.16. The highest BCUT2D eigenvalue weighted by atomic mass is 28.3. The Balaban J connectivity index is 2.81.